The van der Waals surface area contributed by atoms with Crippen molar-refractivity contribution >= 4 is 41.2 Å². The Hall–Kier alpha value is -3.15. The average molecular weight is 448 g/mol. The number of nitrogens with one attached hydrogen (secondary N) is 2. The first-order valence-electron chi connectivity index (χ1n) is 9.76. The van der Waals surface area contributed by atoms with Crippen molar-refractivity contribution in [2.45, 2.75) is 43.2 Å². The molecule has 0 atom stereocenters. The van der Waals surface area contributed by atoms with Crippen molar-refractivity contribution in [3.05, 3.63) is 6.07 Å². The average Bonchev–Trinajstić information content (AvgIpc) is 2.73. The molecule has 3 rings (SSSR count). The normalized spacial score (nSPS) is 13.5. The number of carbonyl (C=O) groups is 2. The van der Waals surface area contributed by atoms with Crippen LogP contribution < -0.4 is 25.0 Å². The van der Waals surface area contributed by atoms with Crippen molar-refractivity contribution in [3.63, 3.8) is 0 Å². The van der Waals surface area contributed by atoms with Gasteiger partial charge in [0.1, 0.15) is 16.5 Å². The van der Waals surface area contributed by atoms with Crippen LogP contribution in [0.1, 0.15) is 33.1 Å². The van der Waals surface area contributed by atoms with Gasteiger partial charge in [0, 0.05) is 33.0 Å². The minimum Gasteiger partial charge on any atom is -0.480 e. The number of nitrogens with zero attached hydrogens (tertiary/aromatic N) is 5. The molecule has 0 aliphatic carbocycles. The molecule has 166 valence electrons. The van der Waals surface area contributed by atoms with Crippen molar-refractivity contribution in [1.82, 2.24) is 19.9 Å². The number of amides is 2. The van der Waals surface area contributed by atoms with Crippen molar-refractivity contribution < 1.29 is 19.1 Å². The van der Waals surface area contributed by atoms with Crippen LogP contribution >= 0.6 is 11.8 Å². The van der Waals surface area contributed by atoms with E-state index in [2.05, 4.69) is 35.5 Å². The highest BCUT2D eigenvalue weighted by molar-refractivity contribution is 7.99. The minimum atomic E-state index is -0.298. The molecular weight excluding hydrogens is 422 g/mol. The number of methoxy groups -OCH3 is 2. The summed E-state index contributed by atoms with van der Waals surface area (Å²) in [7, 11) is 3.03. The molecule has 0 saturated carbocycles. The fourth-order valence-electron chi connectivity index (χ4n) is 3.05. The van der Waals surface area contributed by atoms with E-state index < -0.39 is 0 Å². The maximum absolute atomic E-state index is 11.5. The van der Waals surface area contributed by atoms with E-state index in [1.54, 1.807) is 0 Å². The highest BCUT2D eigenvalue weighted by Crippen LogP contribution is 2.40. The number of rotatable bonds is 7. The van der Waals surface area contributed by atoms with Gasteiger partial charge in [0.05, 0.1) is 14.2 Å². The standard InChI is InChI=1S/C19H25N7O4S/c1-11(27)20-13-10-14(21-12(2)28)23-19(22-13)31-15-16(29-3)24-18(25-17(15)30-4)26-8-6-5-7-9-26/h10H,5-9H2,1-4H3,(H2,20,21,22,23,27,28). The van der Waals surface area contributed by atoms with Crippen LogP contribution in [-0.2, 0) is 9.59 Å². The summed E-state index contributed by atoms with van der Waals surface area (Å²) < 4.78 is 11.0. The number of carbonyl (C=O) groups excluding carboxylic acids is 2. The Bertz CT molecular complexity index is 907. The van der Waals surface area contributed by atoms with E-state index in [1.165, 1.54) is 40.6 Å². The molecule has 2 aromatic heterocycles. The largest absolute Gasteiger partial charge is 0.480 e. The van der Waals surface area contributed by atoms with Gasteiger partial charge < -0.3 is 25.0 Å². The molecule has 0 radical (unpaired) electrons. The second-order valence-electron chi connectivity index (χ2n) is 6.80. The Morgan fingerprint density at radius 1 is 0.903 bits per heavy atom. The SMILES string of the molecule is COc1nc(N2CCCCC2)nc(OC)c1Sc1nc(NC(C)=O)cc(NC(C)=O)n1. The van der Waals surface area contributed by atoms with Gasteiger partial charge >= 0.3 is 0 Å². The van der Waals surface area contributed by atoms with Crippen molar-refractivity contribution in [1.29, 1.82) is 0 Å². The Labute approximate surface area is 184 Å². The molecule has 3 heterocycles. The quantitative estimate of drug-likeness (QED) is 0.610. The molecular formula is C19H25N7O4S. The zero-order valence-electron chi connectivity index (χ0n) is 17.9. The first-order valence-corrected chi connectivity index (χ1v) is 10.6. The Balaban J connectivity index is 1.98. The van der Waals surface area contributed by atoms with Crippen LogP contribution in [-0.4, -0.2) is 59.1 Å². The van der Waals surface area contributed by atoms with E-state index in [9.17, 15) is 9.59 Å². The van der Waals surface area contributed by atoms with Crippen molar-refractivity contribution in [3.8, 4) is 11.8 Å². The van der Waals surface area contributed by atoms with Gasteiger partial charge in [0.25, 0.3) is 0 Å². The highest BCUT2D eigenvalue weighted by Gasteiger charge is 2.23. The summed E-state index contributed by atoms with van der Waals surface area (Å²) >= 11 is 1.11. The number of hydrogen-bond acceptors (Lipinski definition) is 10. The number of anilines is 3. The Kier molecular flexibility index (Phi) is 7.45. The predicted molar refractivity (Wildman–Crippen MR) is 116 cm³/mol. The van der Waals surface area contributed by atoms with Crippen LogP contribution in [0.5, 0.6) is 11.8 Å². The molecule has 2 N–H and O–H groups in total. The molecule has 1 fully saturated rings. The summed E-state index contributed by atoms with van der Waals surface area (Å²) in [5.41, 5.74) is 0. The molecule has 1 aliphatic rings. The number of ether oxygens (including phenoxy) is 2. The lowest BCUT2D eigenvalue weighted by atomic mass is 10.1. The Morgan fingerprint density at radius 3 is 1.87 bits per heavy atom. The third-order valence-electron chi connectivity index (χ3n) is 4.32. The van der Waals surface area contributed by atoms with Crippen molar-refractivity contribution in [2.75, 3.05) is 42.8 Å². The summed E-state index contributed by atoms with van der Waals surface area (Å²) in [6.07, 6.45) is 3.36. The summed E-state index contributed by atoms with van der Waals surface area (Å²) in [6.45, 7) is 4.49. The molecule has 31 heavy (non-hydrogen) atoms. The maximum atomic E-state index is 11.5. The van der Waals surface area contributed by atoms with Crippen LogP contribution in [0, 0.1) is 0 Å². The molecule has 2 amide bonds. The monoisotopic (exact) mass is 447 g/mol. The third kappa shape index (κ3) is 5.94. The van der Waals surface area contributed by atoms with Crippen LogP contribution in [0.25, 0.3) is 0 Å². The summed E-state index contributed by atoms with van der Waals surface area (Å²) in [5, 5.41) is 5.45. The van der Waals surface area contributed by atoms with Gasteiger partial charge in [0.15, 0.2) is 5.16 Å². The molecule has 0 unspecified atom stereocenters. The van der Waals surface area contributed by atoms with Gasteiger partial charge in [0.2, 0.25) is 29.5 Å². The summed E-state index contributed by atoms with van der Waals surface area (Å²) in [4.78, 5) is 43.3. The van der Waals surface area contributed by atoms with Gasteiger partial charge in [-0.25, -0.2) is 9.97 Å². The first kappa shape index (κ1) is 22.5. The molecule has 0 bridgehead atoms. The van der Waals surface area contributed by atoms with Crippen LogP contribution in [0.15, 0.2) is 16.1 Å². The number of piperidine rings is 1. The number of hydrogen-bond donors (Lipinski definition) is 2. The molecule has 1 aliphatic heterocycles. The van der Waals surface area contributed by atoms with E-state index >= 15 is 0 Å². The Morgan fingerprint density at radius 2 is 1.42 bits per heavy atom. The number of aromatic nitrogens is 4. The lowest BCUT2D eigenvalue weighted by Crippen LogP contribution is -2.31. The zero-order valence-corrected chi connectivity index (χ0v) is 18.7. The van der Waals surface area contributed by atoms with Gasteiger partial charge in [-0.2, -0.15) is 9.97 Å². The van der Waals surface area contributed by atoms with Crippen LogP contribution in [0.4, 0.5) is 17.6 Å². The first-order chi connectivity index (χ1) is 14.9. The fourth-order valence-corrected chi connectivity index (χ4v) is 3.95. The van der Waals surface area contributed by atoms with E-state index in [0.29, 0.717) is 22.6 Å². The fraction of sp³-hybridized carbons (Fsp3) is 0.474. The van der Waals surface area contributed by atoms with Crippen molar-refractivity contribution in [2.24, 2.45) is 0 Å². The molecule has 0 aromatic carbocycles. The van der Waals surface area contributed by atoms with Gasteiger partial charge in [-0.05, 0) is 31.0 Å². The topological polar surface area (TPSA) is 131 Å². The van der Waals surface area contributed by atoms with Gasteiger partial charge in [-0.15, -0.1) is 0 Å². The minimum absolute atomic E-state index is 0.248. The predicted octanol–water partition coefficient (Wildman–Crippen LogP) is 2.34. The molecule has 0 spiro atoms. The zero-order chi connectivity index (χ0) is 22.4. The lowest BCUT2D eigenvalue weighted by molar-refractivity contribution is -0.115. The lowest BCUT2D eigenvalue weighted by Gasteiger charge is -2.27. The molecule has 2 aromatic rings. The smallest absolute Gasteiger partial charge is 0.236 e. The van der Waals surface area contributed by atoms with Crippen LogP contribution in [0.3, 0.4) is 0 Å². The van der Waals surface area contributed by atoms with Gasteiger partial charge in [-0.3, -0.25) is 9.59 Å². The summed E-state index contributed by atoms with van der Waals surface area (Å²) in [6, 6.07) is 1.47. The van der Waals surface area contributed by atoms with E-state index in [1.807, 2.05) is 0 Å². The second-order valence-corrected chi connectivity index (χ2v) is 7.78. The third-order valence-corrected chi connectivity index (χ3v) is 5.24. The second kappa shape index (κ2) is 10.2. The van der Waals surface area contributed by atoms with Gasteiger partial charge in [-0.1, -0.05) is 0 Å². The van der Waals surface area contributed by atoms with Crippen LogP contribution in [0.2, 0.25) is 0 Å². The molecule has 1 saturated heterocycles. The molecule has 12 heteroatoms. The van der Waals surface area contributed by atoms with E-state index in [4.69, 9.17) is 9.47 Å². The highest BCUT2D eigenvalue weighted by atomic mass is 32.2. The maximum Gasteiger partial charge on any atom is 0.236 e. The van der Waals surface area contributed by atoms with E-state index in [-0.39, 0.29) is 28.6 Å². The van der Waals surface area contributed by atoms with E-state index in [0.717, 1.165) is 37.7 Å². The molecule has 11 nitrogen and oxygen atoms in total. The summed E-state index contributed by atoms with van der Waals surface area (Å²) in [5.74, 6) is 1.10.